The number of sulfonamides is 1. The molecule has 1 aromatic heterocycles. The molecule has 6 nitrogen and oxygen atoms in total. The first kappa shape index (κ1) is 17.9. The second kappa shape index (κ2) is 6.76. The molecule has 0 spiro atoms. The van der Waals surface area contributed by atoms with Crippen molar-refractivity contribution >= 4 is 15.7 Å². The summed E-state index contributed by atoms with van der Waals surface area (Å²) in [5.41, 5.74) is 1.43. The number of piperazine rings is 1. The molecular weight excluding hydrogens is 343 g/mol. The van der Waals surface area contributed by atoms with E-state index in [-0.39, 0.29) is 16.8 Å². The van der Waals surface area contributed by atoms with Crippen LogP contribution >= 0.6 is 0 Å². The quantitative estimate of drug-likeness (QED) is 0.834. The minimum Gasteiger partial charge on any atom is -0.369 e. The number of benzene rings is 1. The smallest absolute Gasteiger partial charge is 0.246 e. The summed E-state index contributed by atoms with van der Waals surface area (Å²) in [6.07, 6.45) is 1.61. The third kappa shape index (κ3) is 3.55. The predicted molar refractivity (Wildman–Crippen MR) is 94.7 cm³/mol. The van der Waals surface area contributed by atoms with E-state index in [0.29, 0.717) is 31.9 Å². The van der Waals surface area contributed by atoms with Crippen LogP contribution in [-0.4, -0.2) is 48.7 Å². The number of aromatic nitrogens is 2. The number of rotatable bonds is 4. The first-order chi connectivity index (χ1) is 11.8. The van der Waals surface area contributed by atoms with Crippen molar-refractivity contribution in [1.29, 1.82) is 0 Å². The van der Waals surface area contributed by atoms with Gasteiger partial charge in [0, 0.05) is 44.1 Å². The van der Waals surface area contributed by atoms with Gasteiger partial charge in [-0.25, -0.2) is 12.8 Å². The molecule has 0 N–H and O–H groups in total. The largest absolute Gasteiger partial charge is 0.369 e. The topological polar surface area (TPSA) is 58.4 Å². The third-order valence-corrected chi connectivity index (χ3v) is 6.45. The van der Waals surface area contributed by atoms with Crippen molar-refractivity contribution in [3.63, 3.8) is 0 Å². The van der Waals surface area contributed by atoms with Gasteiger partial charge in [-0.15, -0.1) is 0 Å². The van der Waals surface area contributed by atoms with Gasteiger partial charge >= 0.3 is 0 Å². The molecule has 136 valence electrons. The minimum atomic E-state index is -3.55. The second-order valence-electron chi connectivity index (χ2n) is 6.52. The number of aryl methyl sites for hydroxylation is 1. The normalized spacial score (nSPS) is 16.6. The molecule has 2 aromatic rings. The van der Waals surface area contributed by atoms with E-state index in [9.17, 15) is 12.8 Å². The Kier molecular flexibility index (Phi) is 4.83. The van der Waals surface area contributed by atoms with Crippen molar-refractivity contribution in [2.24, 2.45) is 0 Å². The number of hydrogen-bond donors (Lipinski definition) is 0. The molecule has 0 saturated carbocycles. The zero-order valence-electron chi connectivity index (χ0n) is 14.7. The molecule has 0 radical (unpaired) electrons. The van der Waals surface area contributed by atoms with E-state index in [2.05, 4.69) is 10.00 Å². The van der Waals surface area contributed by atoms with Crippen LogP contribution in [0.1, 0.15) is 25.6 Å². The maximum absolute atomic E-state index is 13.0. The highest BCUT2D eigenvalue weighted by atomic mass is 32.2. The van der Waals surface area contributed by atoms with Crippen LogP contribution < -0.4 is 4.90 Å². The van der Waals surface area contributed by atoms with Crippen LogP contribution in [0.25, 0.3) is 0 Å². The Morgan fingerprint density at radius 1 is 1.08 bits per heavy atom. The summed E-state index contributed by atoms with van der Waals surface area (Å²) >= 11 is 0. The zero-order chi connectivity index (χ0) is 18.2. The summed E-state index contributed by atoms with van der Waals surface area (Å²) in [6.45, 7) is 7.58. The molecule has 2 heterocycles. The molecule has 8 heteroatoms. The Morgan fingerprint density at radius 2 is 1.68 bits per heavy atom. The Bertz CT molecular complexity index is 838. The first-order valence-corrected chi connectivity index (χ1v) is 9.79. The molecule has 1 saturated heterocycles. The molecule has 0 bridgehead atoms. The fraction of sp³-hybridized carbons (Fsp3) is 0.471. The van der Waals surface area contributed by atoms with Crippen LogP contribution in [0.4, 0.5) is 10.1 Å². The molecule has 1 fully saturated rings. The lowest BCUT2D eigenvalue weighted by atomic mass is 10.2. The maximum Gasteiger partial charge on any atom is 0.246 e. The third-order valence-electron chi connectivity index (χ3n) is 4.45. The van der Waals surface area contributed by atoms with Crippen molar-refractivity contribution in [3.8, 4) is 0 Å². The van der Waals surface area contributed by atoms with Crippen molar-refractivity contribution in [2.45, 2.75) is 31.7 Å². The number of anilines is 1. The molecule has 3 rings (SSSR count). The van der Waals surface area contributed by atoms with Gasteiger partial charge in [0.1, 0.15) is 10.7 Å². The molecule has 1 aliphatic heterocycles. The summed E-state index contributed by atoms with van der Waals surface area (Å²) in [5, 5.41) is 4.31. The zero-order valence-corrected chi connectivity index (χ0v) is 15.5. The molecule has 1 aliphatic rings. The summed E-state index contributed by atoms with van der Waals surface area (Å²) < 4.78 is 42.1. The van der Waals surface area contributed by atoms with E-state index in [0.717, 1.165) is 5.69 Å². The standard InChI is InChI=1S/C17H23FN4O2S/c1-13(2)22-12-17(14(3)19-22)25(23,24)21-10-8-20(9-11-21)16-6-4-15(18)5-7-16/h4-7,12-13H,8-11H2,1-3H3. The van der Waals surface area contributed by atoms with Crippen LogP contribution in [0.2, 0.25) is 0 Å². The number of nitrogens with zero attached hydrogens (tertiary/aromatic N) is 4. The lowest BCUT2D eigenvalue weighted by molar-refractivity contribution is 0.384. The van der Waals surface area contributed by atoms with E-state index >= 15 is 0 Å². The summed E-state index contributed by atoms with van der Waals surface area (Å²) in [7, 11) is -3.55. The Labute approximate surface area is 147 Å². The SMILES string of the molecule is Cc1nn(C(C)C)cc1S(=O)(=O)N1CCN(c2ccc(F)cc2)CC1. The van der Waals surface area contributed by atoms with Crippen molar-refractivity contribution in [2.75, 3.05) is 31.1 Å². The lowest BCUT2D eigenvalue weighted by Gasteiger charge is -2.35. The van der Waals surface area contributed by atoms with Crippen molar-refractivity contribution < 1.29 is 12.8 Å². The number of halogens is 1. The molecule has 0 unspecified atom stereocenters. The van der Waals surface area contributed by atoms with Crippen molar-refractivity contribution in [1.82, 2.24) is 14.1 Å². The fourth-order valence-electron chi connectivity index (χ4n) is 2.96. The summed E-state index contributed by atoms with van der Waals surface area (Å²) in [4.78, 5) is 2.34. The van der Waals surface area contributed by atoms with E-state index in [1.807, 2.05) is 13.8 Å². The van der Waals surface area contributed by atoms with Gasteiger partial charge in [0.2, 0.25) is 10.0 Å². The lowest BCUT2D eigenvalue weighted by Crippen LogP contribution is -2.48. The van der Waals surface area contributed by atoms with Gasteiger partial charge in [-0.05, 0) is 45.0 Å². The fourth-order valence-corrected chi connectivity index (χ4v) is 4.54. The van der Waals surface area contributed by atoms with Crippen LogP contribution in [0.3, 0.4) is 0 Å². The molecule has 0 amide bonds. The van der Waals surface area contributed by atoms with Gasteiger partial charge in [0.25, 0.3) is 0 Å². The Morgan fingerprint density at radius 3 is 2.20 bits per heavy atom. The van der Waals surface area contributed by atoms with Crippen LogP contribution in [0.5, 0.6) is 0 Å². The summed E-state index contributed by atoms with van der Waals surface area (Å²) in [6, 6.07) is 6.38. The highest BCUT2D eigenvalue weighted by Gasteiger charge is 2.31. The molecule has 0 aliphatic carbocycles. The van der Waals surface area contributed by atoms with Crippen LogP contribution in [0, 0.1) is 12.7 Å². The average Bonchev–Trinajstić information content (AvgIpc) is 2.99. The monoisotopic (exact) mass is 366 g/mol. The highest BCUT2D eigenvalue weighted by Crippen LogP contribution is 2.24. The number of hydrogen-bond acceptors (Lipinski definition) is 4. The molecule has 25 heavy (non-hydrogen) atoms. The van der Waals surface area contributed by atoms with Gasteiger partial charge in [-0.2, -0.15) is 9.40 Å². The Balaban J connectivity index is 1.74. The Hall–Kier alpha value is -1.93. The van der Waals surface area contributed by atoms with Gasteiger partial charge in [-0.1, -0.05) is 0 Å². The van der Waals surface area contributed by atoms with Gasteiger partial charge in [0.05, 0.1) is 5.69 Å². The van der Waals surface area contributed by atoms with Gasteiger partial charge in [0.15, 0.2) is 0 Å². The molecule has 0 atom stereocenters. The first-order valence-electron chi connectivity index (χ1n) is 8.35. The van der Waals surface area contributed by atoms with Gasteiger partial charge < -0.3 is 4.90 Å². The maximum atomic E-state index is 13.0. The minimum absolute atomic E-state index is 0.109. The van der Waals surface area contributed by atoms with Gasteiger partial charge in [-0.3, -0.25) is 4.68 Å². The predicted octanol–water partition coefficient (Wildman–Crippen LogP) is 2.42. The van der Waals surface area contributed by atoms with Crippen LogP contribution in [-0.2, 0) is 10.0 Å². The second-order valence-corrected chi connectivity index (χ2v) is 8.43. The molecular formula is C17H23FN4O2S. The van der Waals surface area contributed by atoms with Crippen LogP contribution in [0.15, 0.2) is 35.4 Å². The summed E-state index contributed by atoms with van der Waals surface area (Å²) in [5.74, 6) is -0.275. The molecule has 1 aromatic carbocycles. The van der Waals surface area contributed by atoms with E-state index < -0.39 is 10.0 Å². The van der Waals surface area contributed by atoms with E-state index in [4.69, 9.17) is 0 Å². The highest BCUT2D eigenvalue weighted by molar-refractivity contribution is 7.89. The van der Waals surface area contributed by atoms with E-state index in [1.165, 1.54) is 16.4 Å². The van der Waals surface area contributed by atoms with Crippen molar-refractivity contribution in [3.05, 3.63) is 42.0 Å². The average molecular weight is 366 g/mol. The van der Waals surface area contributed by atoms with E-state index in [1.54, 1.807) is 29.9 Å².